The van der Waals surface area contributed by atoms with E-state index < -0.39 is 43.2 Å². The van der Waals surface area contributed by atoms with E-state index in [4.69, 9.17) is 14.2 Å². The first kappa shape index (κ1) is 27.0. The molecule has 9 heteroatoms. The standard InChI is InChI=1S/C29H36O9/c1-28(2)9-16(31)22-18(11-28)37-19-12-29(3,4)10-17(32)23(19)21(22)14-5-7-15(8-6-14)36-27-26(35)25(34)24(33)20(13-30)38-27/h5-8,20-21,24-27,30,33-35H,9-13H2,1-4H3/t20?,24-,25+,26?,27-/m1/s1. The number of benzene rings is 1. The summed E-state index contributed by atoms with van der Waals surface area (Å²) in [5.41, 5.74) is 1.35. The number of carbonyl (C=O) groups excluding carboxylic acids is 2. The van der Waals surface area contributed by atoms with Crippen LogP contribution in [0.3, 0.4) is 0 Å². The van der Waals surface area contributed by atoms with Crippen molar-refractivity contribution >= 4 is 11.6 Å². The lowest BCUT2D eigenvalue weighted by molar-refractivity contribution is -0.277. The highest BCUT2D eigenvalue weighted by Gasteiger charge is 2.48. The van der Waals surface area contributed by atoms with Crippen LogP contribution in [0.25, 0.3) is 0 Å². The monoisotopic (exact) mass is 528 g/mol. The van der Waals surface area contributed by atoms with Crippen molar-refractivity contribution < 1.29 is 44.2 Å². The Labute approximate surface area is 221 Å². The minimum Gasteiger partial charge on any atom is -0.465 e. The van der Waals surface area contributed by atoms with Gasteiger partial charge in [-0.1, -0.05) is 39.8 Å². The van der Waals surface area contributed by atoms with Crippen LogP contribution in [0.4, 0.5) is 0 Å². The lowest BCUT2D eigenvalue weighted by atomic mass is 9.65. The zero-order valence-corrected chi connectivity index (χ0v) is 22.1. The predicted octanol–water partition coefficient (Wildman–Crippen LogP) is 2.27. The van der Waals surface area contributed by atoms with Crippen LogP contribution >= 0.6 is 0 Å². The summed E-state index contributed by atoms with van der Waals surface area (Å²) in [7, 11) is 0. The number of ether oxygens (including phenoxy) is 3. The van der Waals surface area contributed by atoms with Crippen LogP contribution in [0.15, 0.2) is 46.9 Å². The Morgan fingerprint density at radius 1 is 0.816 bits per heavy atom. The molecule has 0 bridgehead atoms. The van der Waals surface area contributed by atoms with Gasteiger partial charge in [-0.05, 0) is 28.5 Å². The van der Waals surface area contributed by atoms with Crippen molar-refractivity contribution in [3.8, 4) is 5.75 Å². The molecule has 1 aromatic rings. The van der Waals surface area contributed by atoms with Gasteiger partial charge >= 0.3 is 0 Å². The van der Waals surface area contributed by atoms with Gasteiger partial charge in [-0.2, -0.15) is 0 Å². The minimum absolute atomic E-state index is 0.0212. The number of aliphatic hydroxyl groups excluding tert-OH is 4. The molecule has 0 aromatic heterocycles. The van der Waals surface area contributed by atoms with Crippen molar-refractivity contribution in [2.24, 2.45) is 10.8 Å². The van der Waals surface area contributed by atoms with Gasteiger partial charge in [-0.25, -0.2) is 0 Å². The van der Waals surface area contributed by atoms with Gasteiger partial charge in [0.25, 0.3) is 0 Å². The summed E-state index contributed by atoms with van der Waals surface area (Å²) < 4.78 is 17.5. The molecule has 1 saturated heterocycles. The van der Waals surface area contributed by atoms with Crippen molar-refractivity contribution in [1.82, 2.24) is 0 Å². The average Bonchev–Trinajstić information content (AvgIpc) is 2.82. The molecule has 1 fully saturated rings. The Balaban J connectivity index is 1.48. The molecule has 5 atom stereocenters. The first-order valence-electron chi connectivity index (χ1n) is 13.1. The van der Waals surface area contributed by atoms with E-state index in [1.165, 1.54) is 0 Å². The average molecular weight is 529 g/mol. The summed E-state index contributed by atoms with van der Waals surface area (Å²) in [6, 6.07) is 6.82. The highest BCUT2D eigenvalue weighted by Crippen LogP contribution is 2.53. The van der Waals surface area contributed by atoms with Crippen LogP contribution in [-0.2, 0) is 19.1 Å². The summed E-state index contributed by atoms with van der Waals surface area (Å²) in [4.78, 5) is 26.8. The van der Waals surface area contributed by atoms with Crippen molar-refractivity contribution in [1.29, 1.82) is 0 Å². The molecule has 38 heavy (non-hydrogen) atoms. The van der Waals surface area contributed by atoms with Crippen LogP contribution in [0.2, 0.25) is 0 Å². The van der Waals surface area contributed by atoms with Gasteiger partial charge in [0.05, 0.1) is 6.61 Å². The zero-order valence-electron chi connectivity index (χ0n) is 22.1. The number of hydrogen-bond donors (Lipinski definition) is 4. The third-order valence-electron chi connectivity index (χ3n) is 7.90. The third kappa shape index (κ3) is 4.82. The Kier molecular flexibility index (Phi) is 6.81. The second-order valence-corrected chi connectivity index (χ2v) is 12.5. The van der Waals surface area contributed by atoms with E-state index in [-0.39, 0.29) is 22.4 Å². The highest BCUT2D eigenvalue weighted by molar-refractivity contribution is 6.06. The molecule has 0 radical (unpaired) electrons. The molecule has 4 N–H and O–H groups in total. The molecule has 2 unspecified atom stereocenters. The maximum Gasteiger partial charge on any atom is 0.229 e. The second-order valence-electron chi connectivity index (χ2n) is 12.5. The molecule has 2 aliphatic carbocycles. The van der Waals surface area contributed by atoms with Crippen LogP contribution in [0.1, 0.15) is 64.9 Å². The van der Waals surface area contributed by atoms with Gasteiger partial charge < -0.3 is 34.6 Å². The maximum absolute atomic E-state index is 13.4. The molecule has 2 aliphatic heterocycles. The van der Waals surface area contributed by atoms with E-state index in [1.54, 1.807) is 24.3 Å². The molecule has 2 heterocycles. The van der Waals surface area contributed by atoms with Gasteiger partial charge in [-0.3, -0.25) is 9.59 Å². The van der Waals surface area contributed by atoms with Crippen LogP contribution in [0.5, 0.6) is 5.75 Å². The first-order chi connectivity index (χ1) is 17.8. The van der Waals surface area contributed by atoms with Crippen LogP contribution < -0.4 is 4.74 Å². The summed E-state index contributed by atoms with van der Waals surface area (Å²) in [5.74, 6) is 1.01. The predicted molar refractivity (Wildman–Crippen MR) is 135 cm³/mol. The quantitative estimate of drug-likeness (QED) is 0.463. The van der Waals surface area contributed by atoms with Crippen molar-refractivity contribution in [2.45, 2.75) is 90.0 Å². The second kappa shape index (κ2) is 9.57. The molecule has 0 saturated carbocycles. The van der Waals surface area contributed by atoms with Crippen LogP contribution in [0, 0.1) is 10.8 Å². The Morgan fingerprint density at radius 3 is 1.84 bits per heavy atom. The van der Waals surface area contributed by atoms with Crippen LogP contribution in [-0.4, -0.2) is 69.3 Å². The molecule has 1 aromatic carbocycles. The number of carbonyl (C=O) groups is 2. The lowest BCUT2D eigenvalue weighted by Gasteiger charge is -2.42. The van der Waals surface area contributed by atoms with E-state index in [9.17, 15) is 30.0 Å². The first-order valence-corrected chi connectivity index (χ1v) is 13.1. The minimum atomic E-state index is -1.55. The summed E-state index contributed by atoms with van der Waals surface area (Å²) in [6.45, 7) is 7.60. The van der Waals surface area contributed by atoms with Gasteiger partial charge in [0.15, 0.2) is 11.6 Å². The highest BCUT2D eigenvalue weighted by atomic mass is 16.7. The Morgan fingerprint density at radius 2 is 1.34 bits per heavy atom. The number of hydrogen-bond acceptors (Lipinski definition) is 9. The molecule has 5 rings (SSSR count). The fourth-order valence-corrected chi connectivity index (χ4v) is 6.05. The Bertz CT molecular complexity index is 1140. The van der Waals surface area contributed by atoms with E-state index in [1.807, 2.05) is 27.7 Å². The van der Waals surface area contributed by atoms with E-state index in [0.717, 1.165) is 5.56 Å². The zero-order chi connectivity index (χ0) is 27.6. The van der Waals surface area contributed by atoms with Gasteiger partial charge in [0.2, 0.25) is 6.29 Å². The SMILES string of the molecule is CC1(C)CC(=O)C2=C(C1)OC1=C(C(=O)CC(C)(C)C1)C2c1ccc(O[C@@H]2OC(CO)[C@@H](O)[C@H](O)C2O)cc1. The molecule has 9 nitrogen and oxygen atoms in total. The number of Topliss-reactive ketones (excluding diaryl/α,β-unsaturated/α-hetero) is 2. The molecular formula is C29H36O9. The topological polar surface area (TPSA) is 143 Å². The molecule has 0 spiro atoms. The number of allylic oxidation sites excluding steroid dienone is 4. The Hall–Kier alpha value is -2.56. The fraction of sp³-hybridized carbons (Fsp3) is 0.586. The van der Waals surface area contributed by atoms with Crippen molar-refractivity contribution in [3.05, 3.63) is 52.5 Å². The molecule has 4 aliphatic rings. The fourth-order valence-electron chi connectivity index (χ4n) is 6.05. The summed E-state index contributed by atoms with van der Waals surface area (Å²) in [6.07, 6.45) is -5.01. The molecule has 206 valence electrons. The number of aliphatic hydroxyl groups is 4. The smallest absolute Gasteiger partial charge is 0.229 e. The molecular weight excluding hydrogens is 492 g/mol. The summed E-state index contributed by atoms with van der Waals surface area (Å²) in [5, 5.41) is 39.8. The van der Waals surface area contributed by atoms with Crippen molar-refractivity contribution in [3.63, 3.8) is 0 Å². The summed E-state index contributed by atoms with van der Waals surface area (Å²) >= 11 is 0. The van der Waals surface area contributed by atoms with Crippen molar-refractivity contribution in [2.75, 3.05) is 6.61 Å². The van der Waals surface area contributed by atoms with Gasteiger partial charge in [0.1, 0.15) is 41.7 Å². The van der Waals surface area contributed by atoms with Gasteiger partial charge in [-0.15, -0.1) is 0 Å². The number of rotatable bonds is 4. The van der Waals surface area contributed by atoms with Gasteiger partial charge in [0, 0.05) is 42.7 Å². The number of ketones is 2. The van der Waals surface area contributed by atoms with E-state index in [0.29, 0.717) is 54.1 Å². The third-order valence-corrected chi connectivity index (χ3v) is 7.90. The molecule has 0 amide bonds. The largest absolute Gasteiger partial charge is 0.465 e. The van der Waals surface area contributed by atoms with E-state index >= 15 is 0 Å². The maximum atomic E-state index is 13.4. The normalized spacial score (nSPS) is 33.0. The lowest BCUT2D eigenvalue weighted by Crippen LogP contribution is -2.60. The van der Waals surface area contributed by atoms with E-state index in [2.05, 4.69) is 0 Å².